The third-order valence-corrected chi connectivity index (χ3v) is 3.88. The topological polar surface area (TPSA) is 44.8 Å². The van der Waals surface area contributed by atoms with Crippen LogP contribution in [0.5, 0.6) is 5.75 Å². The molecule has 5 heteroatoms. The van der Waals surface area contributed by atoms with Crippen LogP contribution in [0.1, 0.15) is 6.42 Å². The smallest absolute Gasteiger partial charge is 0.230 e. The van der Waals surface area contributed by atoms with Gasteiger partial charge in [0.15, 0.2) is 0 Å². The number of fused-ring (bicyclic) bond motifs is 1. The number of hydrogen-bond acceptors (Lipinski definition) is 4. The van der Waals surface area contributed by atoms with Crippen LogP contribution in [0, 0.1) is 0 Å². The molecule has 108 valence electrons. The first-order valence-electron chi connectivity index (χ1n) is 7.30. The Balaban J connectivity index is 1.71. The molecule has 0 unspecified atom stereocenters. The first-order chi connectivity index (χ1) is 9.84. The molecule has 0 radical (unpaired) electrons. The van der Waals surface area contributed by atoms with Crippen molar-refractivity contribution in [1.29, 1.82) is 0 Å². The minimum atomic E-state index is 0.157. The van der Waals surface area contributed by atoms with E-state index in [0.29, 0.717) is 13.0 Å². The largest absolute Gasteiger partial charge is 0.491 e. The van der Waals surface area contributed by atoms with E-state index in [9.17, 15) is 4.79 Å². The van der Waals surface area contributed by atoms with Gasteiger partial charge in [-0.05, 0) is 12.1 Å². The molecule has 0 saturated carbocycles. The second kappa shape index (κ2) is 6.24. The van der Waals surface area contributed by atoms with Crippen LogP contribution in [0.2, 0.25) is 0 Å². The van der Waals surface area contributed by atoms with Crippen molar-refractivity contribution in [3.8, 4) is 5.75 Å². The number of anilines is 1. The van der Waals surface area contributed by atoms with E-state index in [4.69, 9.17) is 4.74 Å². The highest BCUT2D eigenvalue weighted by Crippen LogP contribution is 2.30. The number of para-hydroxylation sites is 2. The summed E-state index contributed by atoms with van der Waals surface area (Å²) in [6.07, 6.45) is 0.455. The SMILES string of the molecule is O=C1CCOc2ccccc2N1CCN1CCNCC1. The van der Waals surface area contributed by atoms with E-state index >= 15 is 0 Å². The van der Waals surface area contributed by atoms with Gasteiger partial charge in [-0.1, -0.05) is 12.1 Å². The Labute approximate surface area is 119 Å². The second-order valence-corrected chi connectivity index (χ2v) is 5.20. The Hall–Kier alpha value is -1.59. The van der Waals surface area contributed by atoms with Gasteiger partial charge in [0.05, 0.1) is 18.7 Å². The molecule has 1 fully saturated rings. The average molecular weight is 275 g/mol. The molecule has 0 atom stereocenters. The number of carbonyl (C=O) groups is 1. The molecular formula is C15H21N3O2. The Bertz CT molecular complexity index is 472. The number of piperazine rings is 1. The quantitative estimate of drug-likeness (QED) is 0.882. The molecule has 3 rings (SSSR count). The maximum absolute atomic E-state index is 12.3. The number of amides is 1. The van der Waals surface area contributed by atoms with E-state index in [1.807, 2.05) is 29.2 Å². The monoisotopic (exact) mass is 275 g/mol. The highest BCUT2D eigenvalue weighted by atomic mass is 16.5. The van der Waals surface area contributed by atoms with Gasteiger partial charge in [0.1, 0.15) is 5.75 Å². The number of nitrogens with zero attached hydrogens (tertiary/aromatic N) is 2. The summed E-state index contributed by atoms with van der Waals surface area (Å²) >= 11 is 0. The third-order valence-electron chi connectivity index (χ3n) is 3.88. The molecule has 1 N–H and O–H groups in total. The molecule has 20 heavy (non-hydrogen) atoms. The van der Waals surface area contributed by atoms with Crippen LogP contribution in [-0.4, -0.2) is 56.7 Å². The summed E-state index contributed by atoms with van der Waals surface area (Å²) < 4.78 is 5.65. The number of benzene rings is 1. The normalized spacial score (nSPS) is 20.2. The molecule has 1 aromatic rings. The predicted octanol–water partition coefficient (Wildman–Crippen LogP) is 0.707. The summed E-state index contributed by atoms with van der Waals surface area (Å²) in [5, 5.41) is 3.34. The molecule has 2 aliphatic rings. The van der Waals surface area contributed by atoms with Gasteiger partial charge < -0.3 is 15.0 Å². The molecular weight excluding hydrogens is 254 g/mol. The van der Waals surface area contributed by atoms with Crippen molar-refractivity contribution in [3.05, 3.63) is 24.3 Å². The number of nitrogens with one attached hydrogen (secondary N) is 1. The lowest BCUT2D eigenvalue weighted by Crippen LogP contribution is -2.47. The fourth-order valence-corrected chi connectivity index (χ4v) is 2.74. The van der Waals surface area contributed by atoms with Crippen LogP contribution in [0.4, 0.5) is 5.69 Å². The van der Waals surface area contributed by atoms with Crippen molar-refractivity contribution >= 4 is 11.6 Å². The highest BCUT2D eigenvalue weighted by molar-refractivity contribution is 5.95. The maximum Gasteiger partial charge on any atom is 0.230 e. The Morgan fingerprint density at radius 3 is 2.80 bits per heavy atom. The van der Waals surface area contributed by atoms with E-state index < -0.39 is 0 Å². The van der Waals surface area contributed by atoms with Gasteiger partial charge in [0, 0.05) is 39.3 Å². The van der Waals surface area contributed by atoms with Gasteiger partial charge >= 0.3 is 0 Å². The number of hydrogen-bond donors (Lipinski definition) is 1. The standard InChI is InChI=1S/C15H21N3O2/c19-15-5-12-20-14-4-2-1-3-13(14)18(15)11-10-17-8-6-16-7-9-17/h1-4,16H,5-12H2. The highest BCUT2D eigenvalue weighted by Gasteiger charge is 2.23. The molecule has 1 saturated heterocycles. The van der Waals surface area contributed by atoms with Crippen molar-refractivity contribution in [1.82, 2.24) is 10.2 Å². The van der Waals surface area contributed by atoms with Gasteiger partial charge in [-0.3, -0.25) is 9.69 Å². The maximum atomic E-state index is 12.3. The molecule has 1 amide bonds. The molecule has 2 heterocycles. The van der Waals surface area contributed by atoms with Crippen LogP contribution in [0.25, 0.3) is 0 Å². The molecule has 0 spiro atoms. The van der Waals surface area contributed by atoms with Crippen molar-refractivity contribution < 1.29 is 9.53 Å². The summed E-state index contributed by atoms with van der Waals surface area (Å²) in [5.74, 6) is 0.976. The minimum Gasteiger partial charge on any atom is -0.491 e. The Kier molecular flexibility index (Phi) is 4.18. The zero-order chi connectivity index (χ0) is 13.8. The summed E-state index contributed by atoms with van der Waals surface area (Å²) in [7, 11) is 0. The van der Waals surface area contributed by atoms with E-state index in [-0.39, 0.29) is 5.91 Å². The van der Waals surface area contributed by atoms with Crippen molar-refractivity contribution in [2.75, 3.05) is 50.8 Å². The third kappa shape index (κ3) is 2.94. The second-order valence-electron chi connectivity index (χ2n) is 5.20. The summed E-state index contributed by atoms with van der Waals surface area (Å²) in [6.45, 7) is 6.31. The van der Waals surface area contributed by atoms with Crippen molar-refractivity contribution in [3.63, 3.8) is 0 Å². The first kappa shape index (κ1) is 13.4. The zero-order valence-electron chi connectivity index (χ0n) is 11.7. The van der Waals surface area contributed by atoms with Crippen LogP contribution in [-0.2, 0) is 4.79 Å². The van der Waals surface area contributed by atoms with Gasteiger partial charge in [-0.15, -0.1) is 0 Å². The lowest BCUT2D eigenvalue weighted by Gasteiger charge is -2.30. The van der Waals surface area contributed by atoms with E-state index in [2.05, 4.69) is 10.2 Å². The zero-order valence-corrected chi connectivity index (χ0v) is 11.7. The van der Waals surface area contributed by atoms with Crippen LogP contribution in [0.3, 0.4) is 0 Å². The average Bonchev–Trinajstić information content (AvgIpc) is 2.65. The number of rotatable bonds is 3. The summed E-state index contributed by atoms with van der Waals surface area (Å²) in [5.41, 5.74) is 0.908. The predicted molar refractivity (Wildman–Crippen MR) is 78.2 cm³/mol. The molecule has 5 nitrogen and oxygen atoms in total. The van der Waals surface area contributed by atoms with E-state index in [0.717, 1.165) is 50.7 Å². The van der Waals surface area contributed by atoms with Gasteiger partial charge in [0.2, 0.25) is 5.91 Å². The van der Waals surface area contributed by atoms with Crippen LogP contribution in [0.15, 0.2) is 24.3 Å². The van der Waals surface area contributed by atoms with Gasteiger partial charge in [-0.2, -0.15) is 0 Å². The molecule has 2 aliphatic heterocycles. The Morgan fingerprint density at radius 1 is 1.15 bits per heavy atom. The van der Waals surface area contributed by atoms with Crippen molar-refractivity contribution in [2.24, 2.45) is 0 Å². The molecule has 1 aromatic carbocycles. The summed E-state index contributed by atoms with van der Waals surface area (Å²) in [4.78, 5) is 16.5. The fourth-order valence-electron chi connectivity index (χ4n) is 2.74. The minimum absolute atomic E-state index is 0.157. The lowest BCUT2D eigenvalue weighted by atomic mass is 10.2. The summed E-state index contributed by atoms with van der Waals surface area (Å²) in [6, 6.07) is 7.81. The number of carbonyl (C=O) groups excluding carboxylic acids is 1. The van der Waals surface area contributed by atoms with E-state index in [1.54, 1.807) is 0 Å². The Morgan fingerprint density at radius 2 is 1.95 bits per heavy atom. The molecule has 0 aliphatic carbocycles. The van der Waals surface area contributed by atoms with Gasteiger partial charge in [-0.25, -0.2) is 0 Å². The van der Waals surface area contributed by atoms with Gasteiger partial charge in [0.25, 0.3) is 0 Å². The molecule has 0 bridgehead atoms. The lowest BCUT2D eigenvalue weighted by molar-refractivity contribution is -0.118. The molecule has 0 aromatic heterocycles. The van der Waals surface area contributed by atoms with Crippen LogP contribution >= 0.6 is 0 Å². The van der Waals surface area contributed by atoms with Crippen LogP contribution < -0.4 is 15.0 Å². The van der Waals surface area contributed by atoms with Crippen molar-refractivity contribution in [2.45, 2.75) is 6.42 Å². The van der Waals surface area contributed by atoms with E-state index in [1.165, 1.54) is 0 Å². The number of ether oxygens (including phenoxy) is 1. The fraction of sp³-hybridized carbons (Fsp3) is 0.533. The first-order valence-corrected chi connectivity index (χ1v) is 7.30.